The Kier molecular flexibility index (Phi) is 2.95. The summed E-state index contributed by atoms with van der Waals surface area (Å²) in [6, 6.07) is 9.11. The van der Waals surface area contributed by atoms with Gasteiger partial charge in [0.05, 0.1) is 11.4 Å². The van der Waals surface area contributed by atoms with Gasteiger partial charge < -0.3 is 11.1 Å². The summed E-state index contributed by atoms with van der Waals surface area (Å²) < 4.78 is 25.8. The molecule has 4 heteroatoms. The summed E-state index contributed by atoms with van der Waals surface area (Å²) in [5.41, 5.74) is 8.50. The molecule has 88 valence electrons. The highest BCUT2D eigenvalue weighted by molar-refractivity contribution is 5.73. The summed E-state index contributed by atoms with van der Waals surface area (Å²) >= 11 is 0. The van der Waals surface area contributed by atoms with Crippen LogP contribution in [0, 0.1) is 18.6 Å². The van der Waals surface area contributed by atoms with E-state index in [1.54, 1.807) is 6.07 Å². The zero-order valence-electron chi connectivity index (χ0n) is 9.30. The van der Waals surface area contributed by atoms with Gasteiger partial charge in [-0.1, -0.05) is 6.07 Å². The van der Waals surface area contributed by atoms with Crippen molar-refractivity contribution in [3.8, 4) is 0 Å². The Morgan fingerprint density at radius 1 is 1.00 bits per heavy atom. The third kappa shape index (κ3) is 2.53. The molecule has 0 saturated carbocycles. The molecule has 2 rings (SSSR count). The van der Waals surface area contributed by atoms with Gasteiger partial charge in [-0.15, -0.1) is 0 Å². The van der Waals surface area contributed by atoms with Gasteiger partial charge in [0.2, 0.25) is 0 Å². The van der Waals surface area contributed by atoms with Crippen molar-refractivity contribution < 1.29 is 8.78 Å². The fourth-order valence-electron chi connectivity index (χ4n) is 1.51. The van der Waals surface area contributed by atoms with Crippen LogP contribution in [0.5, 0.6) is 0 Å². The van der Waals surface area contributed by atoms with Gasteiger partial charge in [0.25, 0.3) is 0 Å². The van der Waals surface area contributed by atoms with Crippen molar-refractivity contribution >= 4 is 17.1 Å². The second-order valence-corrected chi connectivity index (χ2v) is 3.84. The van der Waals surface area contributed by atoms with E-state index < -0.39 is 11.6 Å². The molecule has 2 aromatic carbocycles. The minimum Gasteiger partial charge on any atom is -0.397 e. The summed E-state index contributed by atoms with van der Waals surface area (Å²) in [6.45, 7) is 1.93. The summed E-state index contributed by atoms with van der Waals surface area (Å²) in [6.07, 6.45) is 0. The van der Waals surface area contributed by atoms with Crippen LogP contribution in [0.25, 0.3) is 0 Å². The van der Waals surface area contributed by atoms with Gasteiger partial charge >= 0.3 is 0 Å². The number of benzene rings is 2. The second-order valence-electron chi connectivity index (χ2n) is 3.84. The molecule has 0 aliphatic carbocycles. The van der Waals surface area contributed by atoms with Crippen LogP contribution < -0.4 is 11.1 Å². The number of hydrogen-bond acceptors (Lipinski definition) is 2. The minimum atomic E-state index is -0.888. The van der Waals surface area contributed by atoms with E-state index in [4.69, 9.17) is 5.73 Å². The normalized spacial score (nSPS) is 10.3. The smallest absolute Gasteiger partial charge is 0.160 e. The maximum Gasteiger partial charge on any atom is 0.160 e. The van der Waals surface area contributed by atoms with Gasteiger partial charge in [0.15, 0.2) is 11.6 Å². The quantitative estimate of drug-likeness (QED) is 0.779. The lowest BCUT2D eigenvalue weighted by Gasteiger charge is -2.10. The molecule has 0 aromatic heterocycles. The highest BCUT2D eigenvalue weighted by atomic mass is 19.2. The molecular formula is C13H12F2N2. The van der Waals surface area contributed by atoms with Gasteiger partial charge in [-0.2, -0.15) is 0 Å². The van der Waals surface area contributed by atoms with Crippen molar-refractivity contribution in [3.63, 3.8) is 0 Å². The van der Waals surface area contributed by atoms with Crippen LogP contribution in [-0.4, -0.2) is 0 Å². The van der Waals surface area contributed by atoms with E-state index in [0.29, 0.717) is 17.1 Å². The molecule has 0 saturated heterocycles. The van der Waals surface area contributed by atoms with Crippen molar-refractivity contribution in [2.75, 3.05) is 11.1 Å². The van der Waals surface area contributed by atoms with E-state index in [2.05, 4.69) is 5.32 Å². The zero-order chi connectivity index (χ0) is 12.4. The van der Waals surface area contributed by atoms with Crippen LogP contribution in [-0.2, 0) is 0 Å². The lowest BCUT2D eigenvalue weighted by molar-refractivity contribution is 0.509. The molecule has 2 nitrogen and oxygen atoms in total. The average molecular weight is 234 g/mol. The number of anilines is 3. The molecule has 17 heavy (non-hydrogen) atoms. The molecule has 0 heterocycles. The molecule has 0 fully saturated rings. The summed E-state index contributed by atoms with van der Waals surface area (Å²) in [5, 5.41) is 2.95. The minimum absolute atomic E-state index is 0.459. The number of halogens is 2. The van der Waals surface area contributed by atoms with Crippen molar-refractivity contribution in [3.05, 3.63) is 53.6 Å². The van der Waals surface area contributed by atoms with Crippen LogP contribution in [0.15, 0.2) is 36.4 Å². The van der Waals surface area contributed by atoms with Crippen molar-refractivity contribution in [1.29, 1.82) is 0 Å². The summed E-state index contributed by atoms with van der Waals surface area (Å²) in [5.74, 6) is -1.76. The molecule has 0 aliphatic rings. The Morgan fingerprint density at radius 2 is 1.76 bits per heavy atom. The van der Waals surface area contributed by atoms with E-state index >= 15 is 0 Å². The Bertz CT molecular complexity index is 553. The molecule has 0 unspecified atom stereocenters. The predicted octanol–water partition coefficient (Wildman–Crippen LogP) is 3.60. The third-order valence-electron chi connectivity index (χ3n) is 2.41. The van der Waals surface area contributed by atoms with Crippen LogP contribution in [0.1, 0.15) is 5.56 Å². The van der Waals surface area contributed by atoms with Gasteiger partial charge in [0, 0.05) is 11.8 Å². The standard InChI is InChI=1S/C13H12F2N2/c1-8-2-5-12(16)13(6-8)17-9-3-4-10(14)11(15)7-9/h2-7,17H,16H2,1H3. The van der Waals surface area contributed by atoms with Crippen molar-refractivity contribution in [2.45, 2.75) is 6.92 Å². The first kappa shape index (κ1) is 11.4. The topological polar surface area (TPSA) is 38.0 Å². The highest BCUT2D eigenvalue weighted by Crippen LogP contribution is 2.25. The lowest BCUT2D eigenvalue weighted by Crippen LogP contribution is -1.97. The molecule has 0 amide bonds. The van der Waals surface area contributed by atoms with Crippen LogP contribution >= 0.6 is 0 Å². The Balaban J connectivity index is 2.31. The predicted molar refractivity (Wildman–Crippen MR) is 65.2 cm³/mol. The van der Waals surface area contributed by atoms with E-state index in [1.165, 1.54) is 6.07 Å². The van der Waals surface area contributed by atoms with E-state index in [9.17, 15) is 8.78 Å². The molecular weight excluding hydrogens is 222 g/mol. The number of hydrogen-bond donors (Lipinski definition) is 2. The summed E-state index contributed by atoms with van der Waals surface area (Å²) in [7, 11) is 0. The lowest BCUT2D eigenvalue weighted by atomic mass is 10.2. The molecule has 0 aliphatic heterocycles. The first-order valence-corrected chi connectivity index (χ1v) is 5.14. The first-order chi connectivity index (χ1) is 8.06. The first-order valence-electron chi connectivity index (χ1n) is 5.14. The SMILES string of the molecule is Cc1ccc(N)c(Nc2ccc(F)c(F)c2)c1. The number of nitrogen functional groups attached to an aromatic ring is 1. The Morgan fingerprint density at radius 3 is 2.47 bits per heavy atom. The number of nitrogens with two attached hydrogens (primary N) is 1. The maximum atomic E-state index is 13.0. The fraction of sp³-hybridized carbons (Fsp3) is 0.0769. The van der Waals surface area contributed by atoms with E-state index in [0.717, 1.165) is 17.7 Å². The maximum absolute atomic E-state index is 13.0. The number of rotatable bonds is 2. The number of nitrogens with one attached hydrogen (secondary N) is 1. The zero-order valence-corrected chi connectivity index (χ0v) is 9.30. The second kappa shape index (κ2) is 4.41. The fourth-order valence-corrected chi connectivity index (χ4v) is 1.51. The van der Waals surface area contributed by atoms with E-state index in [1.807, 2.05) is 19.1 Å². The third-order valence-corrected chi connectivity index (χ3v) is 2.41. The van der Waals surface area contributed by atoms with Gasteiger partial charge in [-0.05, 0) is 36.8 Å². The number of aryl methyl sites for hydroxylation is 1. The van der Waals surface area contributed by atoms with Gasteiger partial charge in [0.1, 0.15) is 0 Å². The van der Waals surface area contributed by atoms with Gasteiger partial charge in [-0.25, -0.2) is 8.78 Å². The van der Waals surface area contributed by atoms with Crippen LogP contribution in [0.2, 0.25) is 0 Å². The molecule has 2 aromatic rings. The molecule has 0 atom stereocenters. The van der Waals surface area contributed by atoms with Crippen molar-refractivity contribution in [2.24, 2.45) is 0 Å². The molecule has 0 bridgehead atoms. The van der Waals surface area contributed by atoms with Gasteiger partial charge in [-0.3, -0.25) is 0 Å². The molecule has 3 N–H and O–H groups in total. The molecule has 0 spiro atoms. The summed E-state index contributed by atoms with van der Waals surface area (Å²) in [4.78, 5) is 0. The van der Waals surface area contributed by atoms with Crippen molar-refractivity contribution in [1.82, 2.24) is 0 Å². The largest absolute Gasteiger partial charge is 0.397 e. The molecule has 0 radical (unpaired) electrons. The Labute approximate surface area is 98.1 Å². The van der Waals surface area contributed by atoms with Crippen LogP contribution in [0.4, 0.5) is 25.8 Å². The van der Waals surface area contributed by atoms with Crippen LogP contribution in [0.3, 0.4) is 0 Å². The highest BCUT2D eigenvalue weighted by Gasteiger charge is 2.04. The Hall–Kier alpha value is -2.10. The average Bonchev–Trinajstić information content (AvgIpc) is 2.29. The monoisotopic (exact) mass is 234 g/mol. The van der Waals surface area contributed by atoms with E-state index in [-0.39, 0.29) is 0 Å².